The third-order valence-electron chi connectivity index (χ3n) is 5.80. The molecular formula is C21H30N6O3. The van der Waals surface area contributed by atoms with Gasteiger partial charge < -0.3 is 21.5 Å². The fourth-order valence-electron chi connectivity index (χ4n) is 4.00. The zero-order valence-electron chi connectivity index (χ0n) is 17.3. The van der Waals surface area contributed by atoms with E-state index in [1.807, 2.05) is 24.3 Å². The lowest BCUT2D eigenvalue weighted by Gasteiger charge is -2.27. The summed E-state index contributed by atoms with van der Waals surface area (Å²) in [4.78, 5) is 19.6. The highest BCUT2D eigenvalue weighted by molar-refractivity contribution is 5.58. The first kappa shape index (κ1) is 21.8. The van der Waals surface area contributed by atoms with E-state index in [2.05, 4.69) is 15.3 Å². The van der Waals surface area contributed by atoms with Gasteiger partial charge in [-0.25, -0.2) is 4.98 Å². The largest absolute Gasteiger partial charge is 0.497 e. The van der Waals surface area contributed by atoms with Gasteiger partial charge in [-0.3, -0.25) is 10.1 Å². The average molecular weight is 415 g/mol. The zero-order chi connectivity index (χ0) is 21.5. The van der Waals surface area contributed by atoms with Crippen molar-refractivity contribution in [2.45, 2.75) is 38.5 Å². The summed E-state index contributed by atoms with van der Waals surface area (Å²) in [5.74, 6) is 1.96. The molecule has 162 valence electrons. The zero-order valence-corrected chi connectivity index (χ0v) is 17.3. The van der Waals surface area contributed by atoms with Crippen LogP contribution in [0.5, 0.6) is 5.75 Å². The van der Waals surface area contributed by atoms with Crippen LogP contribution in [-0.4, -0.2) is 35.1 Å². The number of nitrogen functional groups attached to an aromatic ring is 1. The highest BCUT2D eigenvalue weighted by atomic mass is 16.6. The number of benzene rings is 1. The first-order chi connectivity index (χ1) is 14.5. The van der Waals surface area contributed by atoms with Crippen molar-refractivity contribution in [2.75, 3.05) is 31.2 Å². The molecule has 0 spiro atoms. The van der Waals surface area contributed by atoms with E-state index in [1.54, 1.807) is 7.11 Å². The molecule has 3 rings (SSSR count). The van der Waals surface area contributed by atoms with Crippen LogP contribution < -0.4 is 21.5 Å². The van der Waals surface area contributed by atoms with Crippen molar-refractivity contribution in [3.63, 3.8) is 0 Å². The van der Waals surface area contributed by atoms with E-state index in [0.717, 1.165) is 43.4 Å². The predicted octanol–water partition coefficient (Wildman–Crippen LogP) is 2.94. The molecule has 1 aliphatic carbocycles. The molecule has 0 unspecified atom stereocenters. The Morgan fingerprint density at radius 2 is 1.83 bits per heavy atom. The first-order valence-electron chi connectivity index (χ1n) is 10.4. The second kappa shape index (κ2) is 10.2. The number of anilines is 2. The van der Waals surface area contributed by atoms with Gasteiger partial charge in [0.05, 0.1) is 12.0 Å². The summed E-state index contributed by atoms with van der Waals surface area (Å²) < 4.78 is 5.16. The van der Waals surface area contributed by atoms with Crippen molar-refractivity contribution >= 4 is 17.5 Å². The van der Waals surface area contributed by atoms with Crippen LogP contribution in [-0.2, 0) is 12.8 Å². The SMILES string of the molecule is COc1ccc(CCNc2nc(N)c([N+](=O)[O-])c(CC3CCC(CN)CC3)n2)cc1. The highest BCUT2D eigenvalue weighted by Gasteiger charge is 2.27. The summed E-state index contributed by atoms with van der Waals surface area (Å²) >= 11 is 0. The molecule has 9 heteroatoms. The lowest BCUT2D eigenvalue weighted by Crippen LogP contribution is -2.23. The van der Waals surface area contributed by atoms with Gasteiger partial charge >= 0.3 is 5.69 Å². The molecule has 9 nitrogen and oxygen atoms in total. The minimum absolute atomic E-state index is 0.0902. The van der Waals surface area contributed by atoms with Crippen LogP contribution in [0.25, 0.3) is 0 Å². The number of nitrogens with one attached hydrogen (secondary N) is 1. The molecule has 1 aromatic heterocycles. The van der Waals surface area contributed by atoms with E-state index in [1.165, 1.54) is 0 Å². The molecule has 0 saturated heterocycles. The standard InChI is InChI=1S/C21H30N6O3/c1-30-17-8-6-14(7-9-17)10-11-24-21-25-18(19(27(28)29)20(23)26-21)12-15-2-4-16(13-22)5-3-15/h6-9,15-16H,2-5,10-13,22H2,1H3,(H3,23,24,25,26). The molecule has 1 aromatic carbocycles. The van der Waals surface area contributed by atoms with Gasteiger partial charge in [-0.1, -0.05) is 12.1 Å². The quantitative estimate of drug-likeness (QED) is 0.420. The molecule has 0 radical (unpaired) electrons. The van der Waals surface area contributed by atoms with Gasteiger partial charge in [0.1, 0.15) is 11.4 Å². The summed E-state index contributed by atoms with van der Waals surface area (Å²) in [5.41, 5.74) is 13.1. The van der Waals surface area contributed by atoms with Crippen molar-refractivity contribution in [3.8, 4) is 5.75 Å². The van der Waals surface area contributed by atoms with Crippen LogP contribution in [0, 0.1) is 22.0 Å². The summed E-state index contributed by atoms with van der Waals surface area (Å²) in [6.45, 7) is 1.29. The third kappa shape index (κ3) is 5.56. The van der Waals surface area contributed by atoms with Crippen LogP contribution in [0.2, 0.25) is 0 Å². The van der Waals surface area contributed by atoms with Gasteiger partial charge in [-0.2, -0.15) is 4.98 Å². The number of ether oxygens (including phenoxy) is 1. The minimum atomic E-state index is -0.475. The Labute approximate surface area is 176 Å². The van der Waals surface area contributed by atoms with E-state index in [0.29, 0.717) is 43.0 Å². The molecule has 0 bridgehead atoms. The number of nitro groups is 1. The van der Waals surface area contributed by atoms with Gasteiger partial charge in [0.2, 0.25) is 11.8 Å². The Balaban J connectivity index is 1.66. The molecular weight excluding hydrogens is 384 g/mol. The Hall–Kier alpha value is -2.94. The molecule has 0 amide bonds. The molecule has 2 aromatic rings. The van der Waals surface area contributed by atoms with Gasteiger partial charge in [0.15, 0.2) is 0 Å². The van der Waals surface area contributed by atoms with Crippen molar-refractivity contribution in [1.29, 1.82) is 0 Å². The summed E-state index contributed by atoms with van der Waals surface area (Å²) in [7, 11) is 1.63. The van der Waals surface area contributed by atoms with E-state index >= 15 is 0 Å². The van der Waals surface area contributed by atoms with E-state index in [-0.39, 0.29) is 11.5 Å². The maximum atomic E-state index is 11.5. The normalized spacial score (nSPS) is 18.7. The van der Waals surface area contributed by atoms with E-state index < -0.39 is 4.92 Å². The van der Waals surface area contributed by atoms with E-state index in [4.69, 9.17) is 16.2 Å². The number of rotatable bonds is 9. The van der Waals surface area contributed by atoms with E-state index in [9.17, 15) is 10.1 Å². The lowest BCUT2D eigenvalue weighted by atomic mass is 9.80. The molecule has 30 heavy (non-hydrogen) atoms. The molecule has 1 aliphatic rings. The number of nitrogens with zero attached hydrogens (tertiary/aromatic N) is 3. The fourth-order valence-corrected chi connectivity index (χ4v) is 4.00. The van der Waals surface area contributed by atoms with Crippen LogP contribution in [0.4, 0.5) is 17.5 Å². The second-order valence-corrected chi connectivity index (χ2v) is 7.84. The number of hydrogen-bond donors (Lipinski definition) is 3. The fraction of sp³-hybridized carbons (Fsp3) is 0.524. The summed E-state index contributed by atoms with van der Waals surface area (Å²) in [5, 5.41) is 14.7. The Bertz CT molecular complexity index is 851. The van der Waals surface area contributed by atoms with Crippen LogP contribution >= 0.6 is 0 Å². The Morgan fingerprint density at radius 3 is 2.43 bits per heavy atom. The van der Waals surface area contributed by atoms with Crippen molar-refractivity contribution in [3.05, 3.63) is 45.6 Å². The maximum absolute atomic E-state index is 11.5. The van der Waals surface area contributed by atoms with Crippen LogP contribution in [0.1, 0.15) is 36.9 Å². The smallest absolute Gasteiger partial charge is 0.332 e. The molecule has 5 N–H and O–H groups in total. The first-order valence-corrected chi connectivity index (χ1v) is 10.4. The number of methoxy groups -OCH3 is 1. The topological polar surface area (TPSA) is 142 Å². The summed E-state index contributed by atoms with van der Waals surface area (Å²) in [6.07, 6.45) is 5.41. The lowest BCUT2D eigenvalue weighted by molar-refractivity contribution is -0.385. The Kier molecular flexibility index (Phi) is 7.40. The molecule has 1 heterocycles. The van der Waals surface area contributed by atoms with Gasteiger partial charge in [-0.05, 0) is 74.6 Å². The van der Waals surface area contributed by atoms with Crippen molar-refractivity contribution in [1.82, 2.24) is 9.97 Å². The number of nitrogens with two attached hydrogens (primary N) is 2. The number of aromatic nitrogens is 2. The third-order valence-corrected chi connectivity index (χ3v) is 5.80. The van der Waals surface area contributed by atoms with Gasteiger partial charge in [-0.15, -0.1) is 0 Å². The molecule has 0 atom stereocenters. The number of hydrogen-bond acceptors (Lipinski definition) is 8. The van der Waals surface area contributed by atoms with Crippen molar-refractivity contribution in [2.24, 2.45) is 17.6 Å². The molecule has 1 saturated carbocycles. The second-order valence-electron chi connectivity index (χ2n) is 7.84. The summed E-state index contributed by atoms with van der Waals surface area (Å²) in [6, 6.07) is 7.81. The average Bonchev–Trinajstić information content (AvgIpc) is 2.74. The van der Waals surface area contributed by atoms with Gasteiger partial charge in [0.25, 0.3) is 0 Å². The Morgan fingerprint density at radius 1 is 1.17 bits per heavy atom. The highest BCUT2D eigenvalue weighted by Crippen LogP contribution is 2.33. The van der Waals surface area contributed by atoms with Gasteiger partial charge in [0, 0.05) is 6.54 Å². The predicted molar refractivity (Wildman–Crippen MR) is 116 cm³/mol. The van der Waals surface area contributed by atoms with Crippen molar-refractivity contribution < 1.29 is 9.66 Å². The monoisotopic (exact) mass is 414 g/mol. The minimum Gasteiger partial charge on any atom is -0.497 e. The molecule has 0 aliphatic heterocycles. The maximum Gasteiger partial charge on any atom is 0.332 e. The van der Waals surface area contributed by atoms with Crippen LogP contribution in [0.15, 0.2) is 24.3 Å². The van der Waals surface area contributed by atoms with Crippen LogP contribution in [0.3, 0.4) is 0 Å². The molecule has 1 fully saturated rings.